The molecule has 0 saturated heterocycles. The lowest BCUT2D eigenvalue weighted by atomic mass is 10.4. The van der Waals surface area contributed by atoms with Crippen LogP contribution < -0.4 is 10.6 Å². The average molecular weight is 306 g/mol. The van der Waals surface area contributed by atoms with E-state index in [0.29, 0.717) is 5.76 Å². The van der Waals surface area contributed by atoms with Gasteiger partial charge in [0, 0.05) is 22.5 Å². The molecule has 0 spiro atoms. The Bertz CT molecular complexity index is 784. The molecule has 0 fully saturated rings. The van der Waals surface area contributed by atoms with Crippen molar-refractivity contribution in [1.82, 2.24) is 0 Å². The van der Waals surface area contributed by atoms with Gasteiger partial charge in [-0.15, -0.1) is 5.73 Å². The molecule has 3 rings (SSSR count). The van der Waals surface area contributed by atoms with Crippen molar-refractivity contribution in [3.8, 4) is 0 Å². The predicted molar refractivity (Wildman–Crippen MR) is 91.0 cm³/mol. The Hall–Kier alpha value is -2.53. The molecule has 3 aromatic rings. The monoisotopic (exact) mass is 306 g/mol. The van der Waals surface area contributed by atoms with Gasteiger partial charge in [0.25, 0.3) is 0 Å². The first kappa shape index (κ1) is 14.4. The van der Waals surface area contributed by atoms with Crippen LogP contribution in [0.15, 0.2) is 95.0 Å². The summed E-state index contributed by atoms with van der Waals surface area (Å²) in [5.74, 6) is 2.34. The largest absolute Gasteiger partial charge is 0.464 e. The van der Waals surface area contributed by atoms with Crippen LogP contribution in [-0.2, 0) is 4.57 Å². The van der Waals surface area contributed by atoms with Crippen molar-refractivity contribution in [2.24, 2.45) is 0 Å². The van der Waals surface area contributed by atoms with Crippen LogP contribution in [0.3, 0.4) is 0 Å². The van der Waals surface area contributed by atoms with Crippen molar-refractivity contribution in [2.45, 2.75) is 0 Å². The minimum Gasteiger partial charge on any atom is -0.464 e. The lowest BCUT2D eigenvalue weighted by molar-refractivity contribution is 0.557. The number of rotatable bonds is 4. The van der Waals surface area contributed by atoms with Gasteiger partial charge in [0.1, 0.15) is 5.76 Å². The molecule has 0 amide bonds. The summed E-state index contributed by atoms with van der Waals surface area (Å²) in [5.41, 5.74) is 3.02. The first-order chi connectivity index (χ1) is 10.8. The Morgan fingerprint density at radius 1 is 0.818 bits per heavy atom. The molecule has 2 aromatic carbocycles. The zero-order chi connectivity index (χ0) is 15.3. The molecule has 0 aliphatic heterocycles. The smallest absolute Gasteiger partial charge is 0.171 e. The van der Waals surface area contributed by atoms with E-state index >= 15 is 0 Å². The first-order valence-electron chi connectivity index (χ1n) is 6.97. The molecule has 0 aliphatic rings. The van der Waals surface area contributed by atoms with Gasteiger partial charge >= 0.3 is 0 Å². The van der Waals surface area contributed by atoms with Crippen LogP contribution in [0.25, 0.3) is 6.08 Å². The van der Waals surface area contributed by atoms with Crippen molar-refractivity contribution in [1.29, 1.82) is 0 Å². The van der Waals surface area contributed by atoms with Crippen LogP contribution in [-0.4, -0.2) is 0 Å². The van der Waals surface area contributed by atoms with Gasteiger partial charge in [-0.2, -0.15) is 0 Å². The summed E-state index contributed by atoms with van der Waals surface area (Å²) in [7, 11) is -2.85. The molecule has 0 aliphatic carbocycles. The van der Waals surface area contributed by atoms with Crippen LogP contribution in [0.5, 0.6) is 0 Å². The topological polar surface area (TPSA) is 30.2 Å². The minimum absolute atomic E-state index is 0.684. The zero-order valence-corrected chi connectivity index (χ0v) is 12.8. The summed E-state index contributed by atoms with van der Waals surface area (Å²) in [5, 5.41) is 1.59. The molecule has 1 heterocycles. The van der Waals surface area contributed by atoms with Gasteiger partial charge in [0.15, 0.2) is 7.14 Å². The molecule has 0 unspecified atom stereocenters. The van der Waals surface area contributed by atoms with Crippen molar-refractivity contribution >= 4 is 23.8 Å². The normalized spacial score (nSPS) is 10.7. The Morgan fingerprint density at radius 2 is 1.41 bits per heavy atom. The summed E-state index contributed by atoms with van der Waals surface area (Å²) in [6, 6.07) is 22.6. The molecule has 3 heteroatoms. The van der Waals surface area contributed by atoms with Crippen molar-refractivity contribution < 1.29 is 8.98 Å². The quantitative estimate of drug-likeness (QED) is 0.527. The fraction of sp³-hybridized carbons (Fsp3) is 0. The Balaban J connectivity index is 2.08. The van der Waals surface area contributed by atoms with E-state index in [2.05, 4.69) is 5.73 Å². The minimum atomic E-state index is -2.85. The lowest BCUT2D eigenvalue weighted by Crippen LogP contribution is -2.13. The van der Waals surface area contributed by atoms with Gasteiger partial charge in [-0.05, 0) is 12.1 Å². The molecule has 22 heavy (non-hydrogen) atoms. The molecule has 1 aromatic heterocycles. The maximum Gasteiger partial charge on any atom is 0.171 e. The second-order valence-corrected chi connectivity index (χ2v) is 7.39. The van der Waals surface area contributed by atoms with Gasteiger partial charge < -0.3 is 8.98 Å². The second-order valence-electron chi connectivity index (χ2n) is 4.78. The van der Waals surface area contributed by atoms with Crippen molar-refractivity contribution in [3.05, 3.63) is 96.4 Å². The van der Waals surface area contributed by atoms with Gasteiger partial charge in [-0.1, -0.05) is 60.7 Å². The van der Waals surface area contributed by atoms with Gasteiger partial charge in [0.05, 0.1) is 6.26 Å². The number of hydrogen-bond acceptors (Lipinski definition) is 2. The van der Waals surface area contributed by atoms with Crippen molar-refractivity contribution in [2.75, 3.05) is 0 Å². The van der Waals surface area contributed by atoms with E-state index in [-0.39, 0.29) is 0 Å². The fourth-order valence-corrected chi connectivity index (χ4v) is 4.31. The Kier molecular flexibility index (Phi) is 4.25. The predicted octanol–water partition coefficient (Wildman–Crippen LogP) is 4.42. The molecule has 0 radical (unpaired) electrons. The SMILES string of the molecule is O=P(C=C=Cc1ccco1)(c1ccccc1)c1ccccc1. The summed E-state index contributed by atoms with van der Waals surface area (Å²) in [6.45, 7) is 0. The van der Waals surface area contributed by atoms with E-state index in [1.54, 1.807) is 18.2 Å². The van der Waals surface area contributed by atoms with Crippen LogP contribution in [0, 0.1) is 0 Å². The van der Waals surface area contributed by atoms with E-state index in [1.807, 2.05) is 72.8 Å². The molecule has 0 atom stereocenters. The van der Waals surface area contributed by atoms with Crippen LogP contribution in [0.4, 0.5) is 0 Å². The van der Waals surface area contributed by atoms with E-state index in [1.165, 1.54) is 0 Å². The summed E-state index contributed by atoms with van der Waals surface area (Å²) in [6.07, 6.45) is 3.29. The maximum atomic E-state index is 13.6. The van der Waals surface area contributed by atoms with E-state index in [9.17, 15) is 4.57 Å². The molecule has 2 nitrogen and oxygen atoms in total. The summed E-state index contributed by atoms with van der Waals surface area (Å²) >= 11 is 0. The standard InChI is InChI=1S/C19H15O2P/c20-22(18-11-3-1-4-12-18,19-13-5-2-6-14-19)16-8-10-17-9-7-15-21-17/h1-7,9-16H. The van der Waals surface area contributed by atoms with Gasteiger partial charge in [-0.25, -0.2) is 0 Å². The third-order valence-corrected chi connectivity index (χ3v) is 5.95. The van der Waals surface area contributed by atoms with Crippen LogP contribution in [0.1, 0.15) is 5.76 Å². The first-order valence-corrected chi connectivity index (χ1v) is 8.75. The molecular formula is C19H15O2P. The van der Waals surface area contributed by atoms with Crippen LogP contribution >= 0.6 is 7.14 Å². The average Bonchev–Trinajstić information content (AvgIpc) is 3.10. The highest BCUT2D eigenvalue weighted by Crippen LogP contribution is 2.44. The molecule has 0 saturated carbocycles. The molecule has 0 N–H and O–H groups in total. The number of benzene rings is 2. The third-order valence-electron chi connectivity index (χ3n) is 3.30. The fourth-order valence-electron chi connectivity index (χ4n) is 2.19. The van der Waals surface area contributed by atoms with E-state index < -0.39 is 7.14 Å². The number of hydrogen-bond donors (Lipinski definition) is 0. The van der Waals surface area contributed by atoms with Crippen molar-refractivity contribution in [3.63, 3.8) is 0 Å². The maximum absolute atomic E-state index is 13.6. The van der Waals surface area contributed by atoms with E-state index in [0.717, 1.165) is 10.6 Å². The van der Waals surface area contributed by atoms with Gasteiger partial charge in [-0.3, -0.25) is 0 Å². The summed E-state index contributed by atoms with van der Waals surface area (Å²) in [4.78, 5) is 0. The summed E-state index contributed by atoms with van der Waals surface area (Å²) < 4.78 is 18.8. The number of furan rings is 1. The Labute approximate surface area is 129 Å². The highest BCUT2D eigenvalue weighted by Gasteiger charge is 2.23. The third kappa shape index (κ3) is 3.04. The Morgan fingerprint density at radius 3 is 1.91 bits per heavy atom. The molecule has 0 bridgehead atoms. The lowest BCUT2D eigenvalue weighted by Gasteiger charge is -2.14. The van der Waals surface area contributed by atoms with Crippen LogP contribution in [0.2, 0.25) is 0 Å². The van der Waals surface area contributed by atoms with Gasteiger partial charge in [0.2, 0.25) is 0 Å². The second kappa shape index (κ2) is 6.49. The zero-order valence-electron chi connectivity index (χ0n) is 11.9. The molecular weight excluding hydrogens is 291 g/mol. The van der Waals surface area contributed by atoms with E-state index in [4.69, 9.17) is 4.42 Å². The highest BCUT2D eigenvalue weighted by atomic mass is 31.2. The highest BCUT2D eigenvalue weighted by molar-refractivity contribution is 7.81. The molecule has 108 valence electrons.